The molecule has 0 heterocycles. The van der Waals surface area contributed by atoms with Gasteiger partial charge in [-0.3, -0.25) is 14.9 Å². The molecule has 0 aromatic heterocycles. The van der Waals surface area contributed by atoms with Crippen molar-refractivity contribution in [1.82, 2.24) is 0 Å². The molecule has 1 unspecified atom stereocenters. The molecule has 0 fully saturated rings. The molecular weight excluding hydrogens is 232 g/mol. The van der Waals surface area contributed by atoms with Gasteiger partial charge in [0.2, 0.25) is 0 Å². The average molecular weight is 246 g/mol. The number of carbonyl (C=O) groups is 1. The van der Waals surface area contributed by atoms with Crippen molar-refractivity contribution in [2.75, 3.05) is 0 Å². The van der Waals surface area contributed by atoms with E-state index in [4.69, 9.17) is 5.26 Å². The molecule has 1 atom stereocenters. The molecule has 0 spiro atoms. The highest BCUT2D eigenvalue weighted by molar-refractivity contribution is 6.00. The van der Waals surface area contributed by atoms with Gasteiger partial charge in [0.05, 0.1) is 11.0 Å². The van der Waals surface area contributed by atoms with Crippen LogP contribution in [0.1, 0.15) is 29.8 Å². The quantitative estimate of drug-likeness (QED) is 0.464. The first-order valence-electron chi connectivity index (χ1n) is 5.57. The molecule has 0 aliphatic carbocycles. The van der Waals surface area contributed by atoms with Crippen LogP contribution in [0.4, 0.5) is 5.69 Å². The normalized spacial score (nSPS) is 11.9. The number of nitro groups is 1. The van der Waals surface area contributed by atoms with Crippen LogP contribution < -0.4 is 0 Å². The van der Waals surface area contributed by atoms with Crippen LogP contribution in [-0.4, -0.2) is 10.7 Å². The third-order valence-electron chi connectivity index (χ3n) is 2.77. The Kier molecular flexibility index (Phi) is 4.16. The third kappa shape index (κ3) is 2.72. The Labute approximate surface area is 105 Å². The minimum Gasteiger partial charge on any atom is -0.293 e. The standard InChI is InChI=1S/C13H14N2O3/c1-8(2)12(7-14)13(16)11-5-4-10(15(17)18)6-9(11)3/h4-6,8,12H,1-3H3. The van der Waals surface area contributed by atoms with Gasteiger partial charge in [-0.05, 0) is 24.5 Å². The molecule has 1 aromatic rings. The van der Waals surface area contributed by atoms with Crippen molar-refractivity contribution < 1.29 is 9.72 Å². The number of nitrogens with zero attached hydrogens (tertiary/aromatic N) is 2. The molecule has 0 saturated heterocycles. The zero-order valence-corrected chi connectivity index (χ0v) is 10.5. The number of nitriles is 1. The van der Waals surface area contributed by atoms with E-state index in [1.807, 2.05) is 6.07 Å². The van der Waals surface area contributed by atoms with Gasteiger partial charge in [0.1, 0.15) is 5.92 Å². The van der Waals surface area contributed by atoms with Gasteiger partial charge in [0.25, 0.3) is 5.69 Å². The molecule has 0 radical (unpaired) electrons. The highest BCUT2D eigenvalue weighted by atomic mass is 16.6. The highest BCUT2D eigenvalue weighted by Crippen LogP contribution is 2.22. The molecule has 0 aliphatic heterocycles. The predicted octanol–water partition coefficient (Wildman–Crippen LogP) is 2.88. The van der Waals surface area contributed by atoms with E-state index in [-0.39, 0.29) is 17.4 Å². The van der Waals surface area contributed by atoms with E-state index in [2.05, 4.69) is 0 Å². The van der Waals surface area contributed by atoms with E-state index in [0.29, 0.717) is 11.1 Å². The minimum absolute atomic E-state index is 0.0536. The summed E-state index contributed by atoms with van der Waals surface area (Å²) in [5.74, 6) is -1.08. The first-order valence-corrected chi connectivity index (χ1v) is 5.57. The van der Waals surface area contributed by atoms with Crippen molar-refractivity contribution >= 4 is 11.5 Å². The number of non-ortho nitro benzene ring substituents is 1. The maximum absolute atomic E-state index is 12.1. The highest BCUT2D eigenvalue weighted by Gasteiger charge is 2.25. The fourth-order valence-corrected chi connectivity index (χ4v) is 1.72. The summed E-state index contributed by atoms with van der Waals surface area (Å²) in [6.45, 7) is 5.23. The Bertz CT molecular complexity index is 530. The summed E-state index contributed by atoms with van der Waals surface area (Å²) in [7, 11) is 0. The average Bonchev–Trinajstić information content (AvgIpc) is 2.28. The molecule has 0 saturated carbocycles. The van der Waals surface area contributed by atoms with Gasteiger partial charge in [0.15, 0.2) is 5.78 Å². The number of ketones is 1. The SMILES string of the molecule is Cc1cc([N+](=O)[O-])ccc1C(=O)C(C#N)C(C)C. The van der Waals surface area contributed by atoms with Gasteiger partial charge in [-0.1, -0.05) is 13.8 Å². The van der Waals surface area contributed by atoms with Crippen molar-refractivity contribution in [1.29, 1.82) is 5.26 Å². The Morgan fingerprint density at radius 2 is 2.06 bits per heavy atom. The Morgan fingerprint density at radius 3 is 2.44 bits per heavy atom. The lowest BCUT2D eigenvalue weighted by atomic mass is 9.87. The zero-order chi connectivity index (χ0) is 13.9. The van der Waals surface area contributed by atoms with Crippen LogP contribution in [-0.2, 0) is 0 Å². The second-order valence-corrected chi connectivity index (χ2v) is 4.47. The van der Waals surface area contributed by atoms with Gasteiger partial charge in [-0.15, -0.1) is 0 Å². The van der Waals surface area contributed by atoms with Gasteiger partial charge >= 0.3 is 0 Å². The van der Waals surface area contributed by atoms with Crippen LogP contribution in [0.15, 0.2) is 18.2 Å². The molecule has 94 valence electrons. The molecule has 0 amide bonds. The van der Waals surface area contributed by atoms with E-state index in [0.717, 1.165) is 0 Å². The van der Waals surface area contributed by atoms with Crippen LogP contribution >= 0.6 is 0 Å². The second kappa shape index (κ2) is 5.41. The zero-order valence-electron chi connectivity index (χ0n) is 10.5. The molecule has 0 aliphatic rings. The van der Waals surface area contributed by atoms with E-state index in [1.165, 1.54) is 18.2 Å². The number of hydrogen-bond acceptors (Lipinski definition) is 4. The van der Waals surface area contributed by atoms with Crippen molar-refractivity contribution in [2.45, 2.75) is 20.8 Å². The molecule has 5 nitrogen and oxygen atoms in total. The molecule has 5 heteroatoms. The van der Waals surface area contributed by atoms with E-state index in [1.54, 1.807) is 20.8 Å². The third-order valence-corrected chi connectivity index (χ3v) is 2.77. The summed E-state index contributed by atoms with van der Waals surface area (Å²) in [6, 6.07) is 6.04. The molecule has 1 rings (SSSR count). The fourth-order valence-electron chi connectivity index (χ4n) is 1.72. The number of Topliss-reactive ketones (excluding diaryl/α,β-unsaturated/α-hetero) is 1. The number of rotatable bonds is 4. The molecule has 0 bridgehead atoms. The first kappa shape index (κ1) is 13.8. The Morgan fingerprint density at radius 1 is 1.44 bits per heavy atom. The topological polar surface area (TPSA) is 84.0 Å². The summed E-state index contributed by atoms with van der Waals surface area (Å²) in [5.41, 5.74) is 0.845. The van der Waals surface area contributed by atoms with Crippen LogP contribution in [0.3, 0.4) is 0 Å². The molecule has 18 heavy (non-hydrogen) atoms. The Hall–Kier alpha value is -2.22. The summed E-state index contributed by atoms with van der Waals surface area (Å²) in [5, 5.41) is 19.6. The van der Waals surface area contributed by atoms with E-state index >= 15 is 0 Å². The number of carbonyl (C=O) groups excluding carboxylic acids is 1. The van der Waals surface area contributed by atoms with Crippen LogP contribution in [0.5, 0.6) is 0 Å². The maximum Gasteiger partial charge on any atom is 0.269 e. The van der Waals surface area contributed by atoms with Crippen molar-refractivity contribution in [3.8, 4) is 6.07 Å². The Balaban J connectivity index is 3.16. The first-order chi connectivity index (χ1) is 8.38. The van der Waals surface area contributed by atoms with Gasteiger partial charge < -0.3 is 0 Å². The van der Waals surface area contributed by atoms with Gasteiger partial charge in [-0.25, -0.2) is 0 Å². The second-order valence-electron chi connectivity index (χ2n) is 4.47. The predicted molar refractivity (Wildman–Crippen MR) is 66.1 cm³/mol. The van der Waals surface area contributed by atoms with Crippen LogP contribution in [0.2, 0.25) is 0 Å². The van der Waals surface area contributed by atoms with Crippen molar-refractivity contribution in [2.24, 2.45) is 11.8 Å². The lowest BCUT2D eigenvalue weighted by Gasteiger charge is -2.13. The largest absolute Gasteiger partial charge is 0.293 e. The van der Waals surface area contributed by atoms with Crippen LogP contribution in [0.25, 0.3) is 0 Å². The summed E-state index contributed by atoms with van der Waals surface area (Å²) in [6.07, 6.45) is 0. The monoisotopic (exact) mass is 246 g/mol. The van der Waals surface area contributed by atoms with Crippen molar-refractivity contribution in [3.63, 3.8) is 0 Å². The molecule has 1 aromatic carbocycles. The van der Waals surface area contributed by atoms with Gasteiger partial charge in [0, 0.05) is 17.7 Å². The lowest BCUT2D eigenvalue weighted by molar-refractivity contribution is -0.384. The number of nitro benzene ring substituents is 1. The summed E-state index contributed by atoms with van der Waals surface area (Å²) >= 11 is 0. The lowest BCUT2D eigenvalue weighted by Crippen LogP contribution is -2.19. The maximum atomic E-state index is 12.1. The van der Waals surface area contributed by atoms with E-state index in [9.17, 15) is 14.9 Å². The van der Waals surface area contributed by atoms with Crippen LogP contribution in [0, 0.1) is 40.2 Å². The number of hydrogen-bond donors (Lipinski definition) is 0. The smallest absolute Gasteiger partial charge is 0.269 e. The van der Waals surface area contributed by atoms with Gasteiger partial charge in [-0.2, -0.15) is 5.26 Å². The summed E-state index contributed by atoms with van der Waals surface area (Å²) < 4.78 is 0. The fraction of sp³-hybridized carbons (Fsp3) is 0.385. The van der Waals surface area contributed by atoms with Crippen molar-refractivity contribution in [3.05, 3.63) is 39.4 Å². The summed E-state index contributed by atoms with van der Waals surface area (Å²) in [4.78, 5) is 22.2. The number of benzene rings is 1. The van der Waals surface area contributed by atoms with E-state index < -0.39 is 10.8 Å². The minimum atomic E-state index is -0.717. The molecular formula is C13H14N2O3. The molecule has 0 N–H and O–H groups in total. The number of aryl methyl sites for hydroxylation is 1.